The average molecular weight is 372 g/mol. The van der Waals surface area contributed by atoms with Crippen LogP contribution in [0.2, 0.25) is 0 Å². The molecule has 0 unspecified atom stereocenters. The van der Waals surface area contributed by atoms with Crippen molar-refractivity contribution < 1.29 is 4.74 Å². The highest BCUT2D eigenvalue weighted by Gasteiger charge is 2.11. The lowest BCUT2D eigenvalue weighted by Gasteiger charge is -2.10. The molecule has 1 aromatic heterocycles. The molecule has 23 heavy (non-hydrogen) atoms. The summed E-state index contributed by atoms with van der Waals surface area (Å²) in [5, 5.41) is 0.714. The van der Waals surface area contributed by atoms with Gasteiger partial charge in [-0.25, -0.2) is 0 Å². The fraction of sp³-hybridized carbons (Fsp3) is 0.211. The van der Waals surface area contributed by atoms with Crippen molar-refractivity contribution in [1.82, 2.24) is 4.98 Å². The van der Waals surface area contributed by atoms with Gasteiger partial charge in [0.2, 0.25) is 0 Å². The van der Waals surface area contributed by atoms with E-state index in [4.69, 9.17) is 4.74 Å². The van der Waals surface area contributed by atoms with Crippen LogP contribution >= 0.6 is 15.9 Å². The van der Waals surface area contributed by atoms with Crippen LogP contribution in [0.1, 0.15) is 23.7 Å². The molecule has 0 aliphatic heterocycles. The normalized spacial score (nSPS) is 10.9. The minimum atomic E-state index is 0.0893. The number of pyridine rings is 1. The van der Waals surface area contributed by atoms with E-state index in [1.54, 1.807) is 0 Å². The van der Waals surface area contributed by atoms with Gasteiger partial charge < -0.3 is 9.72 Å². The second-order valence-corrected chi connectivity index (χ2v) is 6.33. The van der Waals surface area contributed by atoms with Crippen molar-refractivity contribution in [3.63, 3.8) is 0 Å². The third kappa shape index (κ3) is 3.17. The maximum atomic E-state index is 12.8. The number of aromatic nitrogens is 1. The second-order valence-electron chi connectivity index (χ2n) is 5.47. The molecule has 3 aromatic rings. The number of aromatic amines is 1. The summed E-state index contributed by atoms with van der Waals surface area (Å²) in [5.74, 6) is 0.851. The molecule has 0 amide bonds. The lowest BCUT2D eigenvalue weighted by molar-refractivity contribution is 0.340. The molecule has 1 heterocycles. The van der Waals surface area contributed by atoms with Gasteiger partial charge in [-0.3, -0.25) is 4.79 Å². The summed E-state index contributed by atoms with van der Waals surface area (Å²) in [4.78, 5) is 16.2. The Morgan fingerprint density at radius 3 is 2.57 bits per heavy atom. The first-order valence-electron chi connectivity index (χ1n) is 7.62. The van der Waals surface area contributed by atoms with Crippen LogP contribution < -0.4 is 10.2 Å². The molecule has 0 saturated carbocycles. The van der Waals surface area contributed by atoms with Crippen LogP contribution in [0.5, 0.6) is 5.75 Å². The van der Waals surface area contributed by atoms with Gasteiger partial charge in [0.05, 0.1) is 12.1 Å². The first-order chi connectivity index (χ1) is 11.1. The SMILES string of the molecule is CCOc1ccc(Cc2c(C)[nH]c3c(Br)cccc3c2=O)cc1. The topological polar surface area (TPSA) is 42.1 Å². The number of rotatable bonds is 4. The molecule has 0 radical (unpaired) electrons. The van der Waals surface area contributed by atoms with E-state index in [2.05, 4.69) is 20.9 Å². The van der Waals surface area contributed by atoms with E-state index in [0.29, 0.717) is 18.4 Å². The van der Waals surface area contributed by atoms with Gasteiger partial charge in [0, 0.05) is 27.5 Å². The maximum Gasteiger partial charge on any atom is 0.193 e. The number of fused-ring (bicyclic) bond motifs is 1. The van der Waals surface area contributed by atoms with Crippen molar-refractivity contribution >= 4 is 26.8 Å². The zero-order valence-corrected chi connectivity index (χ0v) is 14.7. The molecule has 0 atom stereocenters. The van der Waals surface area contributed by atoms with Gasteiger partial charge in [0.1, 0.15) is 5.75 Å². The van der Waals surface area contributed by atoms with Crippen molar-refractivity contribution in [3.8, 4) is 5.75 Å². The first-order valence-corrected chi connectivity index (χ1v) is 8.41. The summed E-state index contributed by atoms with van der Waals surface area (Å²) in [5.41, 5.74) is 3.75. The third-order valence-corrected chi connectivity index (χ3v) is 4.57. The molecule has 0 aliphatic rings. The van der Waals surface area contributed by atoms with Crippen LogP contribution in [0.25, 0.3) is 10.9 Å². The molecule has 0 bridgehead atoms. The molecule has 0 fully saturated rings. The second kappa shape index (κ2) is 6.59. The number of nitrogens with one attached hydrogen (secondary N) is 1. The Morgan fingerprint density at radius 1 is 1.13 bits per heavy atom. The minimum absolute atomic E-state index is 0.0893. The standard InChI is InChI=1S/C19H18BrNO2/c1-3-23-14-9-7-13(8-10-14)11-16-12(2)21-18-15(19(16)22)5-4-6-17(18)20/h4-10H,3,11H2,1-2H3,(H,21,22). The molecule has 2 aromatic carbocycles. The highest BCUT2D eigenvalue weighted by molar-refractivity contribution is 9.10. The van der Waals surface area contributed by atoms with Gasteiger partial charge in [-0.1, -0.05) is 18.2 Å². The largest absolute Gasteiger partial charge is 0.494 e. The molecular weight excluding hydrogens is 354 g/mol. The number of hydrogen-bond acceptors (Lipinski definition) is 2. The van der Waals surface area contributed by atoms with Crippen LogP contribution in [0.15, 0.2) is 51.7 Å². The first kappa shape index (κ1) is 15.8. The van der Waals surface area contributed by atoms with E-state index in [1.165, 1.54) is 0 Å². The number of benzene rings is 2. The van der Waals surface area contributed by atoms with Crippen molar-refractivity contribution in [1.29, 1.82) is 0 Å². The summed E-state index contributed by atoms with van der Waals surface area (Å²) >= 11 is 3.50. The summed E-state index contributed by atoms with van der Waals surface area (Å²) in [6, 6.07) is 13.6. The Labute approximate surface area is 143 Å². The van der Waals surface area contributed by atoms with E-state index in [-0.39, 0.29) is 5.43 Å². The quantitative estimate of drug-likeness (QED) is 0.728. The van der Waals surface area contributed by atoms with Crippen LogP contribution in [0.4, 0.5) is 0 Å². The Kier molecular flexibility index (Phi) is 4.53. The van der Waals surface area contributed by atoms with Gasteiger partial charge in [0.15, 0.2) is 5.43 Å². The van der Waals surface area contributed by atoms with E-state index >= 15 is 0 Å². The molecule has 0 aliphatic carbocycles. The lowest BCUT2D eigenvalue weighted by atomic mass is 10.0. The lowest BCUT2D eigenvalue weighted by Crippen LogP contribution is -2.14. The number of halogens is 1. The molecule has 0 saturated heterocycles. The van der Waals surface area contributed by atoms with Crippen LogP contribution in [-0.2, 0) is 6.42 Å². The van der Waals surface area contributed by atoms with Crippen LogP contribution in [0.3, 0.4) is 0 Å². The number of para-hydroxylation sites is 1. The fourth-order valence-corrected chi connectivity index (χ4v) is 3.19. The number of H-pyrrole nitrogens is 1. The van der Waals surface area contributed by atoms with Crippen molar-refractivity contribution in [2.45, 2.75) is 20.3 Å². The molecule has 118 valence electrons. The zero-order chi connectivity index (χ0) is 16.4. The summed E-state index contributed by atoms with van der Waals surface area (Å²) in [6.45, 7) is 4.56. The Morgan fingerprint density at radius 2 is 1.87 bits per heavy atom. The Balaban J connectivity index is 2.01. The van der Waals surface area contributed by atoms with E-state index < -0.39 is 0 Å². The predicted octanol–water partition coefficient (Wildman–Crippen LogP) is 4.59. The van der Waals surface area contributed by atoms with Gasteiger partial charge in [-0.05, 0) is 59.6 Å². The van der Waals surface area contributed by atoms with E-state index in [0.717, 1.165) is 32.6 Å². The highest BCUT2D eigenvalue weighted by Crippen LogP contribution is 2.22. The summed E-state index contributed by atoms with van der Waals surface area (Å²) in [7, 11) is 0. The highest BCUT2D eigenvalue weighted by atomic mass is 79.9. The summed E-state index contributed by atoms with van der Waals surface area (Å²) in [6.07, 6.45) is 0.607. The Bertz CT molecular complexity index is 898. The van der Waals surface area contributed by atoms with E-state index in [1.807, 2.05) is 56.3 Å². The van der Waals surface area contributed by atoms with Crippen molar-refractivity contribution in [2.75, 3.05) is 6.61 Å². The van der Waals surface area contributed by atoms with Crippen LogP contribution in [0, 0.1) is 6.92 Å². The van der Waals surface area contributed by atoms with Gasteiger partial charge in [-0.2, -0.15) is 0 Å². The molecule has 3 nitrogen and oxygen atoms in total. The van der Waals surface area contributed by atoms with Gasteiger partial charge in [-0.15, -0.1) is 0 Å². The van der Waals surface area contributed by atoms with Crippen molar-refractivity contribution in [3.05, 3.63) is 74.0 Å². The zero-order valence-electron chi connectivity index (χ0n) is 13.2. The third-order valence-electron chi connectivity index (χ3n) is 3.91. The molecular formula is C19H18BrNO2. The molecule has 1 N–H and O–H groups in total. The maximum absolute atomic E-state index is 12.8. The fourth-order valence-electron chi connectivity index (χ4n) is 2.72. The molecule has 4 heteroatoms. The number of hydrogen-bond donors (Lipinski definition) is 1. The van der Waals surface area contributed by atoms with Gasteiger partial charge >= 0.3 is 0 Å². The van der Waals surface area contributed by atoms with Gasteiger partial charge in [0.25, 0.3) is 0 Å². The average Bonchev–Trinajstić information content (AvgIpc) is 2.54. The number of ether oxygens (including phenoxy) is 1. The molecule has 3 rings (SSSR count). The molecule has 0 spiro atoms. The predicted molar refractivity (Wildman–Crippen MR) is 97.4 cm³/mol. The van der Waals surface area contributed by atoms with Crippen molar-refractivity contribution in [2.24, 2.45) is 0 Å². The van der Waals surface area contributed by atoms with Crippen LogP contribution in [-0.4, -0.2) is 11.6 Å². The smallest absolute Gasteiger partial charge is 0.193 e. The minimum Gasteiger partial charge on any atom is -0.494 e. The number of aryl methyl sites for hydroxylation is 1. The van der Waals surface area contributed by atoms with E-state index in [9.17, 15) is 4.79 Å². The Hall–Kier alpha value is -2.07. The monoisotopic (exact) mass is 371 g/mol. The summed E-state index contributed by atoms with van der Waals surface area (Å²) < 4.78 is 6.36.